The van der Waals surface area contributed by atoms with Gasteiger partial charge in [-0.15, -0.1) is 0 Å². The van der Waals surface area contributed by atoms with Crippen LogP contribution < -0.4 is 0 Å². The van der Waals surface area contributed by atoms with Crippen LogP contribution >= 0.6 is 7.05 Å². The van der Waals surface area contributed by atoms with Crippen molar-refractivity contribution in [1.82, 2.24) is 0 Å². The third kappa shape index (κ3) is 7.41. The van der Waals surface area contributed by atoms with Gasteiger partial charge in [-0.05, 0) is 50.4 Å². The van der Waals surface area contributed by atoms with E-state index >= 15 is 0 Å². The molecular weight excluding hydrogens is 373 g/mol. The summed E-state index contributed by atoms with van der Waals surface area (Å²) in [5.74, 6) is 0.120. The molecule has 0 aromatic carbocycles. The predicted octanol–water partition coefficient (Wildman–Crippen LogP) is 8.06. The minimum absolute atomic E-state index is 0.162. The molecule has 0 bridgehead atoms. The summed E-state index contributed by atoms with van der Waals surface area (Å²) in [6, 6.07) is 0. The molecule has 2 aliphatic rings. The third-order valence-corrected chi connectivity index (χ3v) is 9.95. The van der Waals surface area contributed by atoms with Crippen LogP contribution in [0.1, 0.15) is 72.1 Å². The van der Waals surface area contributed by atoms with Crippen molar-refractivity contribution in [3.05, 3.63) is 59.9 Å². The van der Waals surface area contributed by atoms with E-state index in [0.29, 0.717) is 6.42 Å². The number of ketones is 1. The van der Waals surface area contributed by atoms with E-state index in [9.17, 15) is 4.79 Å². The first kappa shape index (κ1) is 23.9. The molecule has 0 saturated carbocycles. The highest BCUT2D eigenvalue weighted by molar-refractivity contribution is 7.66. The Bertz CT molecular complexity index is 707. The second kappa shape index (κ2) is 13.0. The van der Waals surface area contributed by atoms with Gasteiger partial charge in [0.1, 0.15) is 5.78 Å². The first-order valence-corrected chi connectivity index (χ1v) is 14.0. The molecule has 0 heterocycles. The second-order valence-corrected chi connectivity index (χ2v) is 12.0. The monoisotopic (exact) mass is 413 g/mol. The highest BCUT2D eigenvalue weighted by Crippen LogP contribution is 2.54. The molecule has 2 nitrogen and oxygen atoms in total. The minimum Gasteiger partial charge on any atom is -0.298 e. The maximum absolute atomic E-state index is 12.8. The summed E-state index contributed by atoms with van der Waals surface area (Å²) in [6.45, 7) is 6.87. The van der Waals surface area contributed by atoms with Crippen molar-refractivity contribution >= 4 is 12.8 Å². The van der Waals surface area contributed by atoms with Gasteiger partial charge in [0.2, 0.25) is 0 Å². The SMILES string of the molecule is CCCCP(CCCC)(CCCC)=NC1=C(C2C=CC=CCC2=O)C=CC=CC1. The molecular formula is C26H40NOP. The Balaban J connectivity index is 2.55. The zero-order valence-corrected chi connectivity index (χ0v) is 19.7. The number of rotatable bonds is 11. The molecule has 160 valence electrons. The van der Waals surface area contributed by atoms with Crippen molar-refractivity contribution in [2.75, 3.05) is 18.5 Å². The Labute approximate surface area is 179 Å². The Morgan fingerprint density at radius 3 is 2.07 bits per heavy atom. The van der Waals surface area contributed by atoms with Crippen molar-refractivity contribution in [2.24, 2.45) is 10.7 Å². The maximum atomic E-state index is 12.8. The van der Waals surface area contributed by atoms with E-state index in [1.165, 1.54) is 62.7 Å². The number of carbonyl (C=O) groups excluding carboxylic acids is 1. The fourth-order valence-electron chi connectivity index (χ4n) is 4.06. The van der Waals surface area contributed by atoms with Gasteiger partial charge in [-0.1, -0.05) is 88.6 Å². The summed E-state index contributed by atoms with van der Waals surface area (Å²) in [5, 5.41) is 0. The fourth-order valence-corrected chi connectivity index (χ4v) is 8.46. The molecule has 0 aliphatic heterocycles. The molecule has 0 fully saturated rings. The molecule has 1 atom stereocenters. The van der Waals surface area contributed by atoms with E-state index < -0.39 is 7.05 Å². The standard InChI is InChI=1S/C26H40NOP/c1-4-7-20-29(21-8-5-2,22-9-6-3)27-25-18-14-10-12-16-23(25)24-17-13-11-15-19-26(24)28/h10-17,24H,4-9,18-22H2,1-3H3. The van der Waals surface area contributed by atoms with Crippen LogP contribution in [-0.4, -0.2) is 24.3 Å². The van der Waals surface area contributed by atoms with E-state index in [2.05, 4.69) is 51.2 Å². The molecule has 0 N–H and O–H groups in total. The molecule has 0 aromatic heterocycles. The van der Waals surface area contributed by atoms with Crippen LogP contribution in [0.5, 0.6) is 0 Å². The van der Waals surface area contributed by atoms with Gasteiger partial charge in [0, 0.05) is 18.5 Å². The normalized spacial score (nSPS) is 19.6. The second-order valence-electron chi connectivity index (χ2n) is 8.28. The molecule has 29 heavy (non-hydrogen) atoms. The van der Waals surface area contributed by atoms with Gasteiger partial charge < -0.3 is 0 Å². The van der Waals surface area contributed by atoms with Gasteiger partial charge >= 0.3 is 0 Å². The molecule has 0 saturated heterocycles. The lowest BCUT2D eigenvalue weighted by molar-refractivity contribution is -0.119. The highest BCUT2D eigenvalue weighted by Gasteiger charge is 2.24. The predicted molar refractivity (Wildman–Crippen MR) is 130 cm³/mol. The number of allylic oxidation sites excluding steroid dienone is 9. The van der Waals surface area contributed by atoms with E-state index in [0.717, 1.165) is 12.0 Å². The largest absolute Gasteiger partial charge is 0.298 e. The van der Waals surface area contributed by atoms with Crippen LogP contribution in [0.4, 0.5) is 0 Å². The Morgan fingerprint density at radius 1 is 0.862 bits per heavy atom. The molecule has 0 radical (unpaired) electrons. The van der Waals surface area contributed by atoms with E-state index in [4.69, 9.17) is 4.74 Å². The highest BCUT2D eigenvalue weighted by atomic mass is 31.2. The molecule has 0 aromatic rings. The quantitative estimate of drug-likeness (QED) is 0.315. The molecule has 2 aliphatic carbocycles. The zero-order valence-electron chi connectivity index (χ0n) is 18.8. The third-order valence-electron chi connectivity index (χ3n) is 5.84. The molecule has 3 heteroatoms. The number of unbranched alkanes of at least 4 members (excludes halogenated alkanes) is 3. The molecule has 1 unspecified atom stereocenters. The Kier molecular flexibility index (Phi) is 10.7. The van der Waals surface area contributed by atoms with E-state index in [1.807, 2.05) is 18.2 Å². The van der Waals surface area contributed by atoms with E-state index in [1.54, 1.807) is 0 Å². The number of hydrogen-bond acceptors (Lipinski definition) is 2. The van der Waals surface area contributed by atoms with Crippen LogP contribution in [0.15, 0.2) is 64.6 Å². The van der Waals surface area contributed by atoms with Gasteiger partial charge in [0.05, 0.1) is 5.92 Å². The summed E-state index contributed by atoms with van der Waals surface area (Å²) < 4.78 is 5.64. The van der Waals surface area contributed by atoms with Gasteiger partial charge in [-0.2, -0.15) is 0 Å². The Hall–Kier alpha value is -1.40. The number of carbonyl (C=O) groups is 1. The maximum Gasteiger partial charge on any atom is 0.147 e. The molecule has 2 rings (SSSR count). The average Bonchev–Trinajstić information content (AvgIpc) is 3.08. The summed E-state index contributed by atoms with van der Waals surface area (Å²) >= 11 is 0. The lowest BCUT2D eigenvalue weighted by Gasteiger charge is -2.27. The fraction of sp³-hybridized carbons (Fsp3) is 0.577. The van der Waals surface area contributed by atoms with Crippen LogP contribution in [0.25, 0.3) is 0 Å². The number of nitrogens with zero attached hydrogens (tertiary/aromatic N) is 1. The van der Waals surface area contributed by atoms with Crippen LogP contribution in [-0.2, 0) is 4.79 Å². The van der Waals surface area contributed by atoms with Gasteiger partial charge in [-0.25, -0.2) is 0 Å². The summed E-state index contributed by atoms with van der Waals surface area (Å²) in [6.07, 6.45) is 29.3. The van der Waals surface area contributed by atoms with Crippen LogP contribution in [0.2, 0.25) is 0 Å². The van der Waals surface area contributed by atoms with Crippen LogP contribution in [0, 0.1) is 5.92 Å². The Morgan fingerprint density at radius 2 is 1.45 bits per heavy atom. The van der Waals surface area contributed by atoms with Crippen LogP contribution in [0.3, 0.4) is 0 Å². The van der Waals surface area contributed by atoms with Gasteiger partial charge in [0.25, 0.3) is 0 Å². The van der Waals surface area contributed by atoms with E-state index in [-0.39, 0.29) is 11.7 Å². The minimum atomic E-state index is -1.40. The summed E-state index contributed by atoms with van der Waals surface area (Å²) in [7, 11) is -1.40. The van der Waals surface area contributed by atoms with Gasteiger partial charge in [0.15, 0.2) is 0 Å². The smallest absolute Gasteiger partial charge is 0.147 e. The molecule has 0 amide bonds. The molecule has 0 spiro atoms. The van der Waals surface area contributed by atoms with Crippen molar-refractivity contribution in [3.8, 4) is 0 Å². The van der Waals surface area contributed by atoms with Crippen molar-refractivity contribution < 1.29 is 4.79 Å². The topological polar surface area (TPSA) is 29.4 Å². The number of Topliss-reactive ketones (excluding diaryl/α,β-unsaturated/α-hetero) is 1. The zero-order chi connectivity index (χ0) is 21.0. The lowest BCUT2D eigenvalue weighted by Crippen LogP contribution is -2.14. The van der Waals surface area contributed by atoms with Crippen molar-refractivity contribution in [2.45, 2.75) is 72.1 Å². The summed E-state index contributed by atoms with van der Waals surface area (Å²) in [5.41, 5.74) is 2.31. The van der Waals surface area contributed by atoms with Crippen molar-refractivity contribution in [3.63, 3.8) is 0 Å². The number of hydrogen-bond donors (Lipinski definition) is 0. The summed E-state index contributed by atoms with van der Waals surface area (Å²) in [4.78, 5) is 12.8. The van der Waals surface area contributed by atoms with Gasteiger partial charge in [-0.3, -0.25) is 9.54 Å². The van der Waals surface area contributed by atoms with Crippen molar-refractivity contribution in [1.29, 1.82) is 0 Å². The first-order chi connectivity index (χ1) is 14.2. The lowest BCUT2D eigenvalue weighted by atomic mass is 9.91. The average molecular weight is 414 g/mol. The first-order valence-electron chi connectivity index (χ1n) is 11.7.